The predicted octanol–water partition coefficient (Wildman–Crippen LogP) is -0.754. The average Bonchev–Trinajstić information content (AvgIpc) is 3.03. The van der Waals surface area contributed by atoms with E-state index in [1.54, 1.807) is 18.9 Å². The van der Waals surface area contributed by atoms with Gasteiger partial charge in [-0.05, 0) is 6.92 Å². The molecule has 3 heterocycles. The van der Waals surface area contributed by atoms with E-state index in [1.807, 2.05) is 0 Å². The highest BCUT2D eigenvalue weighted by Gasteiger charge is 2.44. The largest absolute Gasteiger partial charge is 0.450 e. The van der Waals surface area contributed by atoms with Crippen molar-refractivity contribution in [2.75, 3.05) is 53.4 Å². The van der Waals surface area contributed by atoms with Crippen LogP contribution in [0.5, 0.6) is 0 Å². The molecule has 0 aliphatic carbocycles. The summed E-state index contributed by atoms with van der Waals surface area (Å²) >= 11 is 0. The lowest BCUT2D eigenvalue weighted by atomic mass is 10.2. The normalized spacial score (nSPS) is 21.4. The van der Waals surface area contributed by atoms with Crippen LogP contribution < -0.4 is 0 Å². The zero-order valence-corrected chi connectivity index (χ0v) is 14.6. The molecule has 0 aromatic rings. The lowest BCUT2D eigenvalue weighted by Crippen LogP contribution is -2.51. The van der Waals surface area contributed by atoms with Crippen LogP contribution in [-0.4, -0.2) is 108 Å². The fraction of sp³-hybridized carbons (Fsp3) is 0.600. The number of imide groups is 1. The monoisotopic (exact) mass is 349 g/mol. The maximum Gasteiger partial charge on any atom is 0.446 e. The van der Waals surface area contributed by atoms with Crippen molar-refractivity contribution >= 4 is 35.4 Å². The van der Waals surface area contributed by atoms with Crippen molar-refractivity contribution in [3.05, 3.63) is 0 Å². The van der Waals surface area contributed by atoms with Crippen LogP contribution in [0, 0.1) is 0 Å². The summed E-state index contributed by atoms with van der Waals surface area (Å²) in [5.41, 5.74) is 0.199. The van der Waals surface area contributed by atoms with Crippen LogP contribution in [-0.2, 0) is 9.53 Å². The number of carbonyl (C=O) groups is 3. The Balaban J connectivity index is 1.64. The molecule has 3 aliphatic heterocycles. The molecule has 0 N–H and O–H groups in total. The first-order valence-corrected chi connectivity index (χ1v) is 8.15. The molecule has 0 radical (unpaired) electrons. The van der Waals surface area contributed by atoms with Crippen LogP contribution in [0.1, 0.15) is 6.92 Å². The highest BCUT2D eigenvalue weighted by molar-refractivity contribution is 6.70. The average molecular weight is 349 g/mol. The topological polar surface area (TPSA) is 97.9 Å². The molecule has 1 fully saturated rings. The molecule has 134 valence electrons. The Morgan fingerprint density at radius 1 is 1.20 bits per heavy atom. The summed E-state index contributed by atoms with van der Waals surface area (Å²) in [7, 11) is 2.99. The van der Waals surface area contributed by atoms with E-state index in [0.717, 1.165) is 4.90 Å². The zero-order valence-electron chi connectivity index (χ0n) is 14.6. The highest BCUT2D eigenvalue weighted by atomic mass is 16.6. The van der Waals surface area contributed by atoms with Crippen LogP contribution in [0.3, 0.4) is 0 Å². The first-order chi connectivity index (χ1) is 11.9. The lowest BCUT2D eigenvalue weighted by Gasteiger charge is -2.33. The number of hydrogen-bond acceptors (Lipinski definition) is 7. The number of ether oxygens (including phenoxy) is 1. The molecule has 1 saturated heterocycles. The van der Waals surface area contributed by atoms with Crippen LogP contribution >= 0.6 is 0 Å². The Kier molecular flexibility index (Phi) is 4.62. The molecule has 0 spiro atoms. The number of piperazine rings is 1. The van der Waals surface area contributed by atoms with Crippen LogP contribution in [0.25, 0.3) is 0 Å². The van der Waals surface area contributed by atoms with Crippen molar-refractivity contribution in [3.63, 3.8) is 0 Å². The van der Waals surface area contributed by atoms with Gasteiger partial charge in [0.25, 0.3) is 0 Å². The summed E-state index contributed by atoms with van der Waals surface area (Å²) in [5, 5.41) is 0. The number of hydrogen-bond donors (Lipinski definition) is 0. The van der Waals surface area contributed by atoms with E-state index in [0.29, 0.717) is 51.0 Å². The maximum atomic E-state index is 12.2. The van der Waals surface area contributed by atoms with Crippen molar-refractivity contribution in [2.24, 2.45) is 9.98 Å². The van der Waals surface area contributed by atoms with E-state index < -0.39 is 11.9 Å². The van der Waals surface area contributed by atoms with Crippen molar-refractivity contribution < 1.29 is 23.7 Å². The zero-order chi connectivity index (χ0) is 18.1. The molecule has 0 aromatic heterocycles. The minimum atomic E-state index is -0.441. The van der Waals surface area contributed by atoms with Gasteiger partial charge in [0.1, 0.15) is 0 Å². The van der Waals surface area contributed by atoms with E-state index in [9.17, 15) is 14.4 Å². The molecule has 0 aromatic carbocycles. The lowest BCUT2D eigenvalue weighted by molar-refractivity contribution is -0.401. The standard InChI is InChI=1S/C15H21N6O4/c1-4-25-15(24)21-7-5-20(6-8-21)9-10-16-11-12(17-10)18(2)14(23)19(3)13(11)22/h4-9H2,1-3H3/q+1. The molecule has 3 rings (SSSR count). The molecule has 10 nitrogen and oxygen atoms in total. The van der Waals surface area contributed by atoms with Crippen LogP contribution in [0.15, 0.2) is 9.98 Å². The summed E-state index contributed by atoms with van der Waals surface area (Å²) in [4.78, 5) is 49.3. The first-order valence-electron chi connectivity index (χ1n) is 8.15. The fourth-order valence-corrected chi connectivity index (χ4v) is 2.89. The fourth-order valence-electron chi connectivity index (χ4n) is 2.89. The van der Waals surface area contributed by atoms with Crippen LogP contribution in [0.4, 0.5) is 9.59 Å². The van der Waals surface area contributed by atoms with Gasteiger partial charge < -0.3 is 9.64 Å². The second-order valence-corrected chi connectivity index (χ2v) is 5.98. The van der Waals surface area contributed by atoms with Gasteiger partial charge in [0.05, 0.1) is 27.2 Å². The molecular weight excluding hydrogens is 328 g/mol. The molecular formula is C15H21N6O4+. The number of rotatable bonds is 3. The van der Waals surface area contributed by atoms with Crippen molar-refractivity contribution in [3.8, 4) is 0 Å². The third kappa shape index (κ3) is 3.16. The summed E-state index contributed by atoms with van der Waals surface area (Å²) in [6.07, 6.45) is -0.295. The number of carbonyl (C=O) groups excluding carboxylic acids is 3. The minimum absolute atomic E-state index is 0.199. The Hall–Kier alpha value is -2.62. The molecule has 0 saturated carbocycles. The van der Waals surface area contributed by atoms with Gasteiger partial charge in [0, 0.05) is 26.2 Å². The molecule has 0 atom stereocenters. The minimum Gasteiger partial charge on any atom is -0.450 e. The number of nitrogens with zero attached hydrogens (tertiary/aromatic N) is 6. The van der Waals surface area contributed by atoms with Crippen molar-refractivity contribution in [1.82, 2.24) is 14.7 Å². The molecule has 0 bridgehead atoms. The number of fused-ring (bicyclic) bond motifs is 1. The Bertz CT molecular complexity index is 718. The number of amidine groups is 2. The smallest absolute Gasteiger partial charge is 0.446 e. The summed E-state index contributed by atoms with van der Waals surface area (Å²) < 4.78 is 6.32. The van der Waals surface area contributed by atoms with Gasteiger partial charge in [-0.2, -0.15) is 9.48 Å². The molecule has 0 unspecified atom stereocenters. The van der Waals surface area contributed by atoms with E-state index in [4.69, 9.17) is 4.74 Å². The highest BCUT2D eigenvalue weighted by Crippen LogP contribution is 2.12. The van der Waals surface area contributed by atoms with Gasteiger partial charge in [-0.25, -0.2) is 19.4 Å². The van der Waals surface area contributed by atoms with Gasteiger partial charge in [-0.3, -0.25) is 4.90 Å². The van der Waals surface area contributed by atoms with Crippen molar-refractivity contribution in [2.45, 2.75) is 6.92 Å². The first kappa shape index (κ1) is 17.2. The molecule has 3 aliphatic rings. The van der Waals surface area contributed by atoms with Gasteiger partial charge in [-0.15, -0.1) is 0 Å². The van der Waals surface area contributed by atoms with Gasteiger partial charge >= 0.3 is 23.9 Å². The second-order valence-electron chi connectivity index (χ2n) is 5.98. The molecule has 25 heavy (non-hydrogen) atoms. The summed E-state index contributed by atoms with van der Waals surface area (Å²) in [5.74, 6) is 0.357. The second kappa shape index (κ2) is 6.71. The van der Waals surface area contributed by atoms with Crippen LogP contribution in [0.2, 0.25) is 0 Å². The van der Waals surface area contributed by atoms with Crippen molar-refractivity contribution in [1.29, 1.82) is 0 Å². The number of amides is 4. The Morgan fingerprint density at radius 2 is 1.88 bits per heavy atom. The predicted molar refractivity (Wildman–Crippen MR) is 89.3 cm³/mol. The van der Waals surface area contributed by atoms with E-state index in [2.05, 4.69) is 14.9 Å². The number of urea groups is 1. The maximum absolute atomic E-state index is 12.2. The van der Waals surface area contributed by atoms with Gasteiger partial charge in [0.15, 0.2) is 0 Å². The third-order valence-electron chi connectivity index (χ3n) is 4.35. The number of aliphatic imine (C=N–C) groups is 2. The Morgan fingerprint density at radius 3 is 2.52 bits per heavy atom. The van der Waals surface area contributed by atoms with E-state index in [-0.39, 0.29) is 11.8 Å². The SMILES string of the molecule is CCOC(=O)N1CCN(CC2=NC3=[N+](C)C(=O)N(C)C(=O)C3=N2)CC1. The van der Waals surface area contributed by atoms with Gasteiger partial charge in [0.2, 0.25) is 11.5 Å². The van der Waals surface area contributed by atoms with E-state index in [1.165, 1.54) is 11.6 Å². The third-order valence-corrected chi connectivity index (χ3v) is 4.35. The summed E-state index contributed by atoms with van der Waals surface area (Å²) in [6, 6.07) is -0.424. The quantitative estimate of drug-likeness (QED) is 0.624. The van der Waals surface area contributed by atoms with Gasteiger partial charge in [-0.1, -0.05) is 4.99 Å². The summed E-state index contributed by atoms with van der Waals surface area (Å²) in [6.45, 7) is 5.08. The van der Waals surface area contributed by atoms with E-state index >= 15 is 0 Å². The molecule has 10 heteroatoms. The molecule has 4 amide bonds. The Labute approximate surface area is 145 Å².